The molecule has 0 saturated heterocycles. The zero-order valence-corrected chi connectivity index (χ0v) is 13.8. The van der Waals surface area contributed by atoms with E-state index in [1.165, 1.54) is 6.07 Å². The number of nitrogens with zero attached hydrogens (tertiary/aromatic N) is 1. The SMILES string of the molecule is CC1(O)CCC(CNc2ccccc2[N+](=O)[O-])CC1.NS(=O)[O-]. The van der Waals surface area contributed by atoms with Gasteiger partial charge >= 0.3 is 0 Å². The Bertz CT molecular complexity index is 539. The van der Waals surface area contributed by atoms with E-state index < -0.39 is 16.9 Å². The Kier molecular flexibility index (Phi) is 7.56. The van der Waals surface area contributed by atoms with Crippen LogP contribution in [-0.4, -0.2) is 30.9 Å². The van der Waals surface area contributed by atoms with E-state index >= 15 is 0 Å². The normalized spacial score (nSPS) is 25.0. The van der Waals surface area contributed by atoms with Crippen LogP contribution in [0.4, 0.5) is 11.4 Å². The van der Waals surface area contributed by atoms with Crippen LogP contribution in [0.3, 0.4) is 0 Å². The van der Waals surface area contributed by atoms with E-state index in [0.717, 1.165) is 32.2 Å². The van der Waals surface area contributed by atoms with Crippen molar-refractivity contribution in [1.29, 1.82) is 0 Å². The van der Waals surface area contributed by atoms with Gasteiger partial charge in [0.25, 0.3) is 5.69 Å². The number of aliphatic hydroxyl groups is 1. The zero-order chi connectivity index (χ0) is 17.5. The van der Waals surface area contributed by atoms with E-state index in [2.05, 4.69) is 10.5 Å². The zero-order valence-electron chi connectivity index (χ0n) is 12.9. The molecule has 2 rings (SSSR count). The molecule has 1 aliphatic carbocycles. The summed E-state index contributed by atoms with van der Waals surface area (Å²) in [6.07, 6.45) is 3.52. The standard InChI is InChI=1S/C14H20N2O3.H3NO2S/c1-14(17)8-6-11(7-9-14)10-15-12-4-2-3-5-13(12)16(18)19;1-4(2)3/h2-5,11,15,17H,6-10H2,1H3;1H2,(H,2,3)/p-1. The molecule has 1 saturated carbocycles. The van der Waals surface area contributed by atoms with Gasteiger partial charge in [0.15, 0.2) is 0 Å². The molecule has 0 amide bonds. The lowest BCUT2D eigenvalue weighted by molar-refractivity contribution is -0.384. The minimum atomic E-state index is -2.36. The van der Waals surface area contributed by atoms with Crippen molar-refractivity contribution < 1.29 is 18.8 Å². The third kappa shape index (κ3) is 7.51. The average Bonchev–Trinajstić information content (AvgIpc) is 2.46. The van der Waals surface area contributed by atoms with Gasteiger partial charge in [-0.05, 0) is 44.6 Å². The maximum atomic E-state index is 10.9. The van der Waals surface area contributed by atoms with E-state index in [-0.39, 0.29) is 10.6 Å². The second kappa shape index (κ2) is 8.92. The Hall–Kier alpha value is -1.55. The van der Waals surface area contributed by atoms with Crippen LogP contribution in [0.1, 0.15) is 32.6 Å². The van der Waals surface area contributed by atoms with Gasteiger partial charge in [-0.15, -0.1) is 0 Å². The van der Waals surface area contributed by atoms with Crippen LogP contribution in [0.15, 0.2) is 24.3 Å². The quantitative estimate of drug-likeness (QED) is 0.431. The Balaban J connectivity index is 0.000000593. The lowest BCUT2D eigenvalue weighted by Gasteiger charge is -2.33. The van der Waals surface area contributed by atoms with Gasteiger partial charge in [-0.25, -0.2) is 0 Å². The van der Waals surface area contributed by atoms with Crippen molar-refractivity contribution in [3.05, 3.63) is 34.4 Å². The van der Waals surface area contributed by atoms with Crippen LogP contribution < -0.4 is 10.5 Å². The number of anilines is 1. The molecule has 0 spiro atoms. The first-order chi connectivity index (χ1) is 10.7. The molecule has 1 aromatic carbocycles. The number of nitro groups is 1. The number of nitro benzene ring substituents is 1. The van der Waals surface area contributed by atoms with Crippen molar-refractivity contribution in [1.82, 2.24) is 0 Å². The Morgan fingerprint density at radius 2 is 1.96 bits per heavy atom. The minimum absolute atomic E-state index is 0.116. The van der Waals surface area contributed by atoms with Gasteiger partial charge in [0.1, 0.15) is 5.69 Å². The lowest BCUT2D eigenvalue weighted by Crippen LogP contribution is -2.32. The highest BCUT2D eigenvalue weighted by molar-refractivity contribution is 7.76. The number of nitrogens with two attached hydrogens (primary N) is 1. The average molecular weight is 344 g/mol. The Morgan fingerprint density at radius 1 is 1.43 bits per heavy atom. The first-order valence-corrected chi connectivity index (χ1v) is 8.38. The highest BCUT2D eigenvalue weighted by Crippen LogP contribution is 2.32. The molecule has 0 aromatic heterocycles. The molecule has 1 aliphatic rings. The number of rotatable bonds is 4. The molecule has 23 heavy (non-hydrogen) atoms. The van der Waals surface area contributed by atoms with Gasteiger partial charge in [-0.1, -0.05) is 12.1 Å². The van der Waals surface area contributed by atoms with Crippen LogP contribution >= 0.6 is 0 Å². The fourth-order valence-electron chi connectivity index (χ4n) is 2.54. The Labute approximate surface area is 137 Å². The number of hydrogen-bond donors (Lipinski definition) is 3. The van der Waals surface area contributed by atoms with Crippen molar-refractivity contribution in [2.75, 3.05) is 11.9 Å². The third-order valence-electron chi connectivity index (χ3n) is 3.86. The monoisotopic (exact) mass is 344 g/mol. The number of para-hydroxylation sites is 2. The summed E-state index contributed by atoms with van der Waals surface area (Å²) in [5.74, 6) is 0.472. The van der Waals surface area contributed by atoms with Gasteiger partial charge < -0.3 is 15.0 Å². The number of hydrogen-bond acceptors (Lipinski definition) is 6. The first kappa shape index (κ1) is 19.5. The summed E-state index contributed by atoms with van der Waals surface area (Å²) in [6.45, 7) is 2.60. The molecule has 4 N–H and O–H groups in total. The van der Waals surface area contributed by atoms with E-state index in [1.807, 2.05) is 6.92 Å². The van der Waals surface area contributed by atoms with E-state index in [1.54, 1.807) is 18.2 Å². The van der Waals surface area contributed by atoms with Gasteiger partial charge in [0.05, 0.1) is 10.5 Å². The van der Waals surface area contributed by atoms with E-state index in [4.69, 9.17) is 8.76 Å². The molecule has 1 fully saturated rings. The predicted octanol–water partition coefficient (Wildman–Crippen LogP) is 1.69. The fraction of sp³-hybridized carbons (Fsp3) is 0.571. The van der Waals surface area contributed by atoms with Crippen molar-refractivity contribution in [3.8, 4) is 0 Å². The molecule has 1 aromatic rings. The summed E-state index contributed by atoms with van der Waals surface area (Å²) in [4.78, 5) is 10.5. The van der Waals surface area contributed by atoms with Crippen molar-refractivity contribution in [2.45, 2.75) is 38.2 Å². The molecule has 0 aliphatic heterocycles. The van der Waals surface area contributed by atoms with Gasteiger partial charge in [0.2, 0.25) is 0 Å². The summed E-state index contributed by atoms with van der Waals surface area (Å²) in [5.41, 5.74) is 0.157. The number of benzene rings is 1. The molecule has 130 valence electrons. The Morgan fingerprint density at radius 3 is 2.48 bits per heavy atom. The van der Waals surface area contributed by atoms with Crippen LogP contribution in [0.2, 0.25) is 0 Å². The smallest absolute Gasteiger partial charge is 0.292 e. The van der Waals surface area contributed by atoms with Crippen LogP contribution in [0, 0.1) is 16.0 Å². The van der Waals surface area contributed by atoms with Crippen LogP contribution in [0.5, 0.6) is 0 Å². The molecule has 9 heteroatoms. The summed E-state index contributed by atoms with van der Waals surface area (Å²) in [5, 5.41) is 28.0. The molecule has 1 unspecified atom stereocenters. The lowest BCUT2D eigenvalue weighted by atomic mass is 9.80. The molecular formula is C14H22N3O5S-. The van der Waals surface area contributed by atoms with Crippen molar-refractivity contribution in [2.24, 2.45) is 11.1 Å². The molecule has 8 nitrogen and oxygen atoms in total. The van der Waals surface area contributed by atoms with Gasteiger partial charge in [-0.2, -0.15) is 0 Å². The summed E-state index contributed by atoms with van der Waals surface area (Å²) in [6, 6.07) is 6.70. The van der Waals surface area contributed by atoms with Crippen molar-refractivity contribution in [3.63, 3.8) is 0 Å². The number of nitrogens with one attached hydrogen (secondary N) is 1. The third-order valence-corrected chi connectivity index (χ3v) is 3.86. The molecule has 0 radical (unpaired) electrons. The van der Waals surface area contributed by atoms with Gasteiger partial charge in [0, 0.05) is 23.9 Å². The highest BCUT2D eigenvalue weighted by Gasteiger charge is 2.28. The van der Waals surface area contributed by atoms with Crippen molar-refractivity contribution >= 4 is 22.6 Å². The maximum Gasteiger partial charge on any atom is 0.292 e. The second-order valence-corrected chi connectivity index (χ2v) is 6.38. The van der Waals surface area contributed by atoms with E-state index in [0.29, 0.717) is 11.6 Å². The summed E-state index contributed by atoms with van der Waals surface area (Å²) in [7, 11) is 0. The predicted molar refractivity (Wildman–Crippen MR) is 87.3 cm³/mol. The van der Waals surface area contributed by atoms with Crippen LogP contribution in [0.25, 0.3) is 0 Å². The van der Waals surface area contributed by atoms with Gasteiger partial charge in [-0.3, -0.25) is 19.5 Å². The van der Waals surface area contributed by atoms with E-state index in [9.17, 15) is 15.2 Å². The molecule has 0 heterocycles. The molecular weight excluding hydrogens is 322 g/mol. The maximum absolute atomic E-state index is 10.9. The highest BCUT2D eigenvalue weighted by atomic mass is 32.2. The fourth-order valence-corrected chi connectivity index (χ4v) is 2.54. The topological polar surface area (TPSA) is 142 Å². The molecule has 0 bridgehead atoms. The first-order valence-electron chi connectivity index (χ1n) is 7.24. The summed E-state index contributed by atoms with van der Waals surface area (Å²) >= 11 is -2.36. The summed E-state index contributed by atoms with van der Waals surface area (Å²) < 4.78 is 17.6. The molecule has 1 atom stereocenters. The largest absolute Gasteiger partial charge is 0.760 e. The second-order valence-electron chi connectivity index (χ2n) is 5.86. The van der Waals surface area contributed by atoms with Crippen LogP contribution in [-0.2, 0) is 11.3 Å². The minimum Gasteiger partial charge on any atom is -0.760 e.